The van der Waals surface area contributed by atoms with E-state index in [0.29, 0.717) is 12.2 Å². The van der Waals surface area contributed by atoms with Crippen LogP contribution in [0, 0.1) is 6.92 Å². The zero-order valence-electron chi connectivity index (χ0n) is 14.6. The maximum absolute atomic E-state index is 5.98. The Hall–Kier alpha value is -3.02. The number of hydrogen-bond donors (Lipinski definition) is 1. The minimum atomic E-state index is 0.306. The molecule has 1 aromatic carbocycles. The second kappa shape index (κ2) is 6.12. The Morgan fingerprint density at radius 2 is 2.00 bits per heavy atom. The van der Waals surface area contributed by atoms with Gasteiger partial charge in [-0.05, 0) is 49.2 Å². The fraction of sp³-hybridized carbons (Fsp3) is 0.263. The molecular weight excluding hydrogens is 314 g/mol. The van der Waals surface area contributed by atoms with Gasteiger partial charge in [-0.3, -0.25) is 4.57 Å². The molecule has 0 radical (unpaired) electrons. The number of pyridine rings is 1. The maximum atomic E-state index is 5.98. The van der Waals surface area contributed by atoms with Gasteiger partial charge in [0, 0.05) is 31.3 Å². The van der Waals surface area contributed by atoms with Crippen LogP contribution in [-0.2, 0) is 7.05 Å². The Balaban J connectivity index is 1.59. The van der Waals surface area contributed by atoms with E-state index in [1.165, 1.54) is 0 Å². The fourth-order valence-corrected chi connectivity index (χ4v) is 3.06. The summed E-state index contributed by atoms with van der Waals surface area (Å²) >= 11 is 0. The van der Waals surface area contributed by atoms with Crippen molar-refractivity contribution in [3.05, 3.63) is 54.5 Å². The molecule has 0 bridgehead atoms. The Morgan fingerprint density at radius 1 is 1.20 bits per heavy atom. The van der Waals surface area contributed by atoms with E-state index < -0.39 is 0 Å². The maximum Gasteiger partial charge on any atom is 0.303 e. The molecule has 0 saturated heterocycles. The second-order valence-corrected chi connectivity index (χ2v) is 6.16. The number of ether oxygens (including phenoxy) is 1. The van der Waals surface area contributed by atoms with E-state index in [9.17, 15) is 0 Å². The van der Waals surface area contributed by atoms with Crippen LogP contribution in [0.1, 0.15) is 18.9 Å². The lowest BCUT2D eigenvalue weighted by atomic mass is 10.2. The van der Waals surface area contributed by atoms with Crippen LogP contribution in [0.3, 0.4) is 0 Å². The summed E-state index contributed by atoms with van der Waals surface area (Å²) in [7, 11) is 1.91. The molecule has 3 heterocycles. The van der Waals surface area contributed by atoms with E-state index in [1.807, 2.05) is 42.9 Å². The van der Waals surface area contributed by atoms with Gasteiger partial charge in [-0.1, -0.05) is 6.92 Å². The molecule has 6 nitrogen and oxygen atoms in total. The molecule has 0 spiro atoms. The lowest BCUT2D eigenvalue weighted by Crippen LogP contribution is -2.34. The number of aromatic nitrogens is 3. The highest BCUT2D eigenvalue weighted by Gasteiger charge is 2.18. The molecule has 3 aromatic rings. The van der Waals surface area contributed by atoms with Gasteiger partial charge in [-0.2, -0.15) is 4.98 Å². The first kappa shape index (κ1) is 15.5. The Labute approximate surface area is 146 Å². The molecule has 1 unspecified atom stereocenters. The van der Waals surface area contributed by atoms with E-state index in [4.69, 9.17) is 4.74 Å². The van der Waals surface area contributed by atoms with Crippen LogP contribution in [-0.4, -0.2) is 20.7 Å². The van der Waals surface area contributed by atoms with E-state index in [-0.39, 0.29) is 0 Å². The van der Waals surface area contributed by atoms with Crippen molar-refractivity contribution in [3.8, 4) is 11.8 Å². The summed E-state index contributed by atoms with van der Waals surface area (Å²) in [5.41, 5.74) is 3.91. The average molecular weight is 335 g/mol. The van der Waals surface area contributed by atoms with Crippen molar-refractivity contribution in [2.24, 2.45) is 7.05 Å². The predicted molar refractivity (Wildman–Crippen MR) is 98.6 cm³/mol. The van der Waals surface area contributed by atoms with Gasteiger partial charge in [-0.15, -0.1) is 0 Å². The van der Waals surface area contributed by atoms with Crippen molar-refractivity contribution in [3.63, 3.8) is 0 Å². The second-order valence-electron chi connectivity index (χ2n) is 6.16. The molecule has 0 saturated carbocycles. The predicted octanol–water partition coefficient (Wildman–Crippen LogP) is 3.69. The van der Waals surface area contributed by atoms with Gasteiger partial charge in [0.15, 0.2) is 5.65 Å². The van der Waals surface area contributed by atoms with E-state index in [0.717, 1.165) is 34.6 Å². The third-order valence-corrected chi connectivity index (χ3v) is 4.51. The Bertz CT molecular complexity index is 929. The van der Waals surface area contributed by atoms with Crippen molar-refractivity contribution in [1.29, 1.82) is 0 Å². The highest BCUT2D eigenvalue weighted by molar-refractivity contribution is 5.75. The van der Waals surface area contributed by atoms with Crippen LogP contribution in [0.4, 0.5) is 5.69 Å². The van der Waals surface area contributed by atoms with Crippen molar-refractivity contribution in [2.45, 2.75) is 26.4 Å². The van der Waals surface area contributed by atoms with Crippen molar-refractivity contribution < 1.29 is 4.74 Å². The first-order valence-electron chi connectivity index (χ1n) is 8.44. The Kier molecular flexibility index (Phi) is 3.80. The standard InChI is InChI=1S/C19H21N5O/c1-4-16-20-11-12-24(16)14-5-7-15(8-6-14)25-19-22-17-13(2)9-10-21-18(17)23(19)3/h5-12,16,20H,4H2,1-3H3. The Morgan fingerprint density at radius 3 is 2.72 bits per heavy atom. The summed E-state index contributed by atoms with van der Waals surface area (Å²) in [6.45, 7) is 4.19. The smallest absolute Gasteiger partial charge is 0.303 e. The topological polar surface area (TPSA) is 55.2 Å². The molecule has 25 heavy (non-hydrogen) atoms. The summed E-state index contributed by atoms with van der Waals surface area (Å²) in [5, 5.41) is 3.33. The van der Waals surface area contributed by atoms with Crippen LogP contribution >= 0.6 is 0 Å². The van der Waals surface area contributed by atoms with E-state index in [1.54, 1.807) is 6.20 Å². The highest BCUT2D eigenvalue weighted by Crippen LogP contribution is 2.28. The average Bonchev–Trinajstić information content (AvgIpc) is 3.22. The van der Waals surface area contributed by atoms with Crippen molar-refractivity contribution in [1.82, 2.24) is 19.9 Å². The lowest BCUT2D eigenvalue weighted by molar-refractivity contribution is 0.427. The molecule has 1 aliphatic heterocycles. The van der Waals surface area contributed by atoms with Crippen LogP contribution in [0.15, 0.2) is 48.9 Å². The van der Waals surface area contributed by atoms with Crippen molar-refractivity contribution in [2.75, 3.05) is 4.90 Å². The van der Waals surface area contributed by atoms with E-state index in [2.05, 4.69) is 45.4 Å². The SMILES string of the molecule is CCC1NC=CN1c1ccc(Oc2nc3c(C)ccnc3n2C)cc1. The highest BCUT2D eigenvalue weighted by atomic mass is 16.5. The largest absolute Gasteiger partial charge is 0.425 e. The molecule has 2 aromatic heterocycles. The van der Waals surface area contributed by atoms with E-state index >= 15 is 0 Å². The molecule has 1 aliphatic rings. The summed E-state index contributed by atoms with van der Waals surface area (Å²) in [4.78, 5) is 11.2. The number of nitrogens with zero attached hydrogens (tertiary/aromatic N) is 4. The van der Waals surface area contributed by atoms with Gasteiger partial charge in [0.2, 0.25) is 0 Å². The number of fused-ring (bicyclic) bond motifs is 1. The minimum absolute atomic E-state index is 0.306. The van der Waals surface area contributed by atoms with Gasteiger partial charge < -0.3 is 15.0 Å². The van der Waals surface area contributed by atoms with Crippen LogP contribution in [0.25, 0.3) is 11.2 Å². The number of nitrogens with one attached hydrogen (secondary N) is 1. The zero-order chi connectivity index (χ0) is 17.4. The number of rotatable bonds is 4. The molecular formula is C19H21N5O. The number of benzene rings is 1. The summed E-state index contributed by atoms with van der Waals surface area (Å²) < 4.78 is 7.85. The van der Waals surface area contributed by atoms with Crippen LogP contribution in [0.5, 0.6) is 11.8 Å². The normalized spacial score (nSPS) is 16.4. The molecule has 0 amide bonds. The van der Waals surface area contributed by atoms with Gasteiger partial charge in [0.05, 0.1) is 0 Å². The molecule has 1 atom stereocenters. The van der Waals surface area contributed by atoms with Gasteiger partial charge in [0.25, 0.3) is 0 Å². The van der Waals surface area contributed by atoms with Crippen LogP contribution in [0.2, 0.25) is 0 Å². The van der Waals surface area contributed by atoms with Gasteiger partial charge in [-0.25, -0.2) is 4.98 Å². The fourth-order valence-electron chi connectivity index (χ4n) is 3.06. The summed E-state index contributed by atoms with van der Waals surface area (Å²) in [6.07, 6.45) is 7.16. The summed E-state index contributed by atoms with van der Waals surface area (Å²) in [6, 6.07) is 10.5. The monoisotopic (exact) mass is 335 g/mol. The first-order valence-corrected chi connectivity index (χ1v) is 8.44. The quantitative estimate of drug-likeness (QED) is 0.788. The number of imidazole rings is 1. The van der Waals surface area contributed by atoms with Gasteiger partial charge >= 0.3 is 6.01 Å². The van der Waals surface area contributed by atoms with Gasteiger partial charge in [0.1, 0.15) is 17.4 Å². The molecule has 1 N–H and O–H groups in total. The molecule has 0 aliphatic carbocycles. The van der Waals surface area contributed by atoms with Crippen molar-refractivity contribution >= 4 is 16.9 Å². The molecule has 6 heteroatoms. The van der Waals surface area contributed by atoms with Crippen LogP contribution < -0.4 is 15.0 Å². The molecule has 128 valence electrons. The third-order valence-electron chi connectivity index (χ3n) is 4.51. The number of hydrogen-bond acceptors (Lipinski definition) is 5. The molecule has 0 fully saturated rings. The molecule has 4 rings (SSSR count). The number of aryl methyl sites for hydroxylation is 2. The minimum Gasteiger partial charge on any atom is -0.425 e. The third kappa shape index (κ3) is 2.69. The number of anilines is 1. The summed E-state index contributed by atoms with van der Waals surface area (Å²) in [5.74, 6) is 0.754. The first-order chi connectivity index (χ1) is 12.2. The zero-order valence-corrected chi connectivity index (χ0v) is 14.6. The lowest BCUT2D eigenvalue weighted by Gasteiger charge is -2.24.